The molecule has 1 N–H and O–H groups in total. The lowest BCUT2D eigenvalue weighted by atomic mass is 10.0. The fraction of sp³-hybridized carbons (Fsp3) is 0.860. The summed E-state index contributed by atoms with van der Waals surface area (Å²) in [7, 11) is 0. The zero-order valence-corrected chi connectivity index (χ0v) is 36.5. The van der Waals surface area contributed by atoms with E-state index in [1.54, 1.807) is 0 Å². The second kappa shape index (κ2) is 47.8. The van der Waals surface area contributed by atoms with Gasteiger partial charge < -0.3 is 14.6 Å². The van der Waals surface area contributed by atoms with Gasteiger partial charge in [0.25, 0.3) is 0 Å². The Bertz CT molecular complexity index is 802. The van der Waals surface area contributed by atoms with Crippen LogP contribution in [-0.4, -0.2) is 37.0 Å². The van der Waals surface area contributed by atoms with Gasteiger partial charge in [0.15, 0.2) is 0 Å². The Kier molecular flexibility index (Phi) is 46.5. The van der Waals surface area contributed by atoms with Crippen LogP contribution in [0.15, 0.2) is 36.5 Å². The van der Waals surface area contributed by atoms with E-state index in [1.807, 2.05) is 0 Å². The molecule has 0 saturated heterocycles. The lowest BCUT2D eigenvalue weighted by Gasteiger charge is -2.16. The third-order valence-corrected chi connectivity index (χ3v) is 10.7. The monoisotopic (exact) mass is 759 g/mol. The average molecular weight is 759 g/mol. The van der Waals surface area contributed by atoms with Gasteiger partial charge in [-0.3, -0.25) is 4.79 Å². The molecule has 0 aliphatic rings. The molecule has 0 aliphatic carbocycles. The molecule has 0 bridgehead atoms. The Morgan fingerprint density at radius 3 is 1.17 bits per heavy atom. The maximum atomic E-state index is 12.2. The lowest BCUT2D eigenvalue weighted by molar-refractivity contribution is -0.154. The van der Waals surface area contributed by atoms with E-state index in [1.165, 1.54) is 199 Å². The molecular weight excluding hydrogens is 665 g/mol. The summed E-state index contributed by atoms with van der Waals surface area (Å²) in [6.07, 6.45) is 60.8. The number of carbonyl (C=O) groups excluding carboxylic acids is 1. The summed E-state index contributed by atoms with van der Waals surface area (Å²) < 4.78 is 11.2. The highest BCUT2D eigenvalue weighted by Crippen LogP contribution is 2.15. The molecule has 0 saturated carbocycles. The maximum Gasteiger partial charge on any atom is 0.306 e. The molecule has 4 heteroatoms. The number of aliphatic hydroxyl groups excluding tert-OH is 1. The van der Waals surface area contributed by atoms with Gasteiger partial charge in [-0.1, -0.05) is 230 Å². The first-order chi connectivity index (χ1) is 26.7. The number of allylic oxidation sites excluding steroid dienone is 6. The Labute approximate surface area is 338 Å². The van der Waals surface area contributed by atoms with Crippen molar-refractivity contribution in [1.29, 1.82) is 0 Å². The first-order valence-electron chi connectivity index (χ1n) is 24.1. The van der Waals surface area contributed by atoms with Crippen LogP contribution in [0.2, 0.25) is 0 Å². The van der Waals surface area contributed by atoms with Crippen molar-refractivity contribution in [2.24, 2.45) is 0 Å². The number of rotatable bonds is 45. The molecule has 54 heavy (non-hydrogen) atoms. The van der Waals surface area contributed by atoms with Gasteiger partial charge in [-0.05, 0) is 51.4 Å². The van der Waals surface area contributed by atoms with Crippen molar-refractivity contribution in [2.45, 2.75) is 258 Å². The summed E-state index contributed by atoms with van der Waals surface area (Å²) >= 11 is 0. The molecule has 0 aromatic carbocycles. The molecular formula is C50H94O4. The van der Waals surface area contributed by atoms with Gasteiger partial charge in [0, 0.05) is 13.0 Å². The van der Waals surface area contributed by atoms with Crippen molar-refractivity contribution >= 4 is 5.97 Å². The normalized spacial score (nSPS) is 12.6. The smallest absolute Gasteiger partial charge is 0.306 e. The zero-order chi connectivity index (χ0) is 39.1. The van der Waals surface area contributed by atoms with Gasteiger partial charge in [-0.25, -0.2) is 0 Å². The topological polar surface area (TPSA) is 55.8 Å². The summed E-state index contributed by atoms with van der Waals surface area (Å²) in [5.74, 6) is -0.198. The number of hydrogen-bond acceptors (Lipinski definition) is 4. The number of carbonyl (C=O) groups is 1. The minimum Gasteiger partial charge on any atom is -0.457 e. The fourth-order valence-corrected chi connectivity index (χ4v) is 7.10. The fourth-order valence-electron chi connectivity index (χ4n) is 7.10. The largest absolute Gasteiger partial charge is 0.457 e. The van der Waals surface area contributed by atoms with Crippen molar-refractivity contribution in [3.63, 3.8) is 0 Å². The second-order valence-corrected chi connectivity index (χ2v) is 16.2. The van der Waals surface area contributed by atoms with E-state index in [0.717, 1.165) is 32.1 Å². The van der Waals surface area contributed by atoms with Crippen LogP contribution in [0.5, 0.6) is 0 Å². The van der Waals surface area contributed by atoms with Crippen molar-refractivity contribution in [2.75, 3.05) is 19.8 Å². The predicted octanol–water partition coefficient (Wildman–Crippen LogP) is 16.0. The third kappa shape index (κ3) is 45.0. The highest BCUT2D eigenvalue weighted by Gasteiger charge is 2.13. The molecule has 318 valence electrons. The molecule has 0 aromatic rings. The molecule has 1 unspecified atom stereocenters. The second-order valence-electron chi connectivity index (χ2n) is 16.2. The number of ether oxygens (including phenoxy) is 2. The molecule has 0 amide bonds. The summed E-state index contributed by atoms with van der Waals surface area (Å²) in [6, 6.07) is 0. The molecule has 0 aromatic heterocycles. The van der Waals surface area contributed by atoms with Gasteiger partial charge >= 0.3 is 5.97 Å². The molecule has 0 rings (SSSR count). The lowest BCUT2D eigenvalue weighted by Crippen LogP contribution is -2.27. The Morgan fingerprint density at radius 1 is 0.444 bits per heavy atom. The summed E-state index contributed by atoms with van der Waals surface area (Å²) in [4.78, 5) is 12.2. The Balaban J connectivity index is 3.40. The van der Waals surface area contributed by atoms with Crippen LogP contribution in [0.3, 0.4) is 0 Å². The van der Waals surface area contributed by atoms with E-state index >= 15 is 0 Å². The Morgan fingerprint density at radius 2 is 0.778 bits per heavy atom. The molecule has 4 nitrogen and oxygen atoms in total. The first-order valence-corrected chi connectivity index (χ1v) is 24.1. The first kappa shape index (κ1) is 52.6. The van der Waals surface area contributed by atoms with Crippen molar-refractivity contribution in [3.8, 4) is 0 Å². The quantitative estimate of drug-likeness (QED) is 0.0382. The van der Waals surface area contributed by atoms with E-state index < -0.39 is 6.10 Å². The summed E-state index contributed by atoms with van der Waals surface area (Å²) in [5, 5.41) is 9.63. The standard InChI is InChI=1S/C50H94O4/c1-3-5-7-9-11-13-15-17-19-21-22-23-24-25-26-27-28-29-30-32-34-36-38-40-42-44-46-53-48-49(47-51)54-50(52)45-43-41-39-37-35-33-31-20-18-16-14-12-10-8-6-4-2/h15,17,21-22,24-25,49,51H,3-14,16,18-20,23,26-48H2,1-2H3/b17-15-,22-21-,25-24-. The number of hydrogen-bond donors (Lipinski definition) is 1. The molecule has 1 atom stereocenters. The van der Waals surface area contributed by atoms with Gasteiger partial charge in [-0.15, -0.1) is 0 Å². The van der Waals surface area contributed by atoms with Gasteiger partial charge in [0.2, 0.25) is 0 Å². The molecule has 0 heterocycles. The number of unbranched alkanes of at least 4 members (excludes halogenated alkanes) is 31. The molecule has 0 fully saturated rings. The van der Waals surface area contributed by atoms with Crippen LogP contribution in [0.25, 0.3) is 0 Å². The predicted molar refractivity (Wildman–Crippen MR) is 237 cm³/mol. The van der Waals surface area contributed by atoms with Crippen molar-refractivity contribution < 1.29 is 19.4 Å². The van der Waals surface area contributed by atoms with Crippen LogP contribution in [0, 0.1) is 0 Å². The van der Waals surface area contributed by atoms with E-state index in [9.17, 15) is 9.90 Å². The summed E-state index contributed by atoms with van der Waals surface area (Å²) in [5.41, 5.74) is 0. The number of esters is 1. The van der Waals surface area contributed by atoms with Crippen LogP contribution >= 0.6 is 0 Å². The van der Waals surface area contributed by atoms with Gasteiger partial charge in [0.05, 0.1) is 13.2 Å². The minimum atomic E-state index is -0.533. The van der Waals surface area contributed by atoms with Crippen LogP contribution < -0.4 is 0 Å². The van der Waals surface area contributed by atoms with E-state index in [4.69, 9.17) is 9.47 Å². The maximum absolute atomic E-state index is 12.2. The SMILES string of the molecule is CCCCCCC/C=C\C/C=C\C/C=C\CCCCCCCCCCCCCOCC(CO)OC(=O)CCCCCCCCCCCCCCCCCC. The van der Waals surface area contributed by atoms with Crippen LogP contribution in [0.1, 0.15) is 251 Å². The number of aliphatic hydroxyl groups is 1. The minimum absolute atomic E-state index is 0.169. The highest BCUT2D eigenvalue weighted by molar-refractivity contribution is 5.69. The third-order valence-electron chi connectivity index (χ3n) is 10.7. The van der Waals surface area contributed by atoms with E-state index in [0.29, 0.717) is 19.6 Å². The van der Waals surface area contributed by atoms with Crippen LogP contribution in [-0.2, 0) is 14.3 Å². The van der Waals surface area contributed by atoms with Gasteiger partial charge in [-0.2, -0.15) is 0 Å². The summed E-state index contributed by atoms with van der Waals surface area (Å²) in [6.45, 7) is 5.36. The Hall–Kier alpha value is -1.39. The molecule has 0 radical (unpaired) electrons. The molecule has 0 spiro atoms. The van der Waals surface area contributed by atoms with Crippen molar-refractivity contribution in [1.82, 2.24) is 0 Å². The van der Waals surface area contributed by atoms with Crippen molar-refractivity contribution in [3.05, 3.63) is 36.5 Å². The van der Waals surface area contributed by atoms with E-state index in [-0.39, 0.29) is 12.6 Å². The average Bonchev–Trinajstić information content (AvgIpc) is 3.18. The van der Waals surface area contributed by atoms with Crippen LogP contribution in [0.4, 0.5) is 0 Å². The highest BCUT2D eigenvalue weighted by atomic mass is 16.6. The van der Waals surface area contributed by atoms with E-state index in [2.05, 4.69) is 50.3 Å². The zero-order valence-electron chi connectivity index (χ0n) is 36.5. The van der Waals surface area contributed by atoms with Gasteiger partial charge in [0.1, 0.15) is 6.10 Å². The molecule has 0 aliphatic heterocycles.